The van der Waals surface area contributed by atoms with Gasteiger partial charge in [-0.05, 0) is 122 Å². The van der Waals surface area contributed by atoms with E-state index < -0.39 is 8.07 Å². The fraction of sp³-hybridized carbons (Fsp3) is 0.217. The molecule has 0 saturated carbocycles. The van der Waals surface area contributed by atoms with Crippen LogP contribution in [0.1, 0.15) is 101 Å². The van der Waals surface area contributed by atoms with Crippen molar-refractivity contribution in [2.75, 3.05) is 0 Å². The third-order valence-electron chi connectivity index (χ3n) is 14.8. The topological polar surface area (TPSA) is 57.0 Å². The number of benzene rings is 8. The van der Waals surface area contributed by atoms with Crippen LogP contribution in [0.5, 0.6) is 0 Å². The second-order valence-corrected chi connectivity index (χ2v) is 27.5. The summed E-state index contributed by atoms with van der Waals surface area (Å²) in [6, 6.07) is 65.1. The summed E-state index contributed by atoms with van der Waals surface area (Å²) in [6.07, 6.45) is 2.02. The van der Waals surface area contributed by atoms with Crippen LogP contribution in [-0.2, 0) is 20.1 Å². The predicted octanol–water partition coefficient (Wildman–Crippen LogP) is 19.2. The molecule has 0 atom stereocenters. The molecule has 0 bridgehead atoms. The van der Waals surface area contributed by atoms with E-state index in [0.717, 1.165) is 77.6 Å². The summed E-state index contributed by atoms with van der Waals surface area (Å²) in [6.45, 7) is 25.3. The first kappa shape index (κ1) is 52.3. The molecule has 0 unspecified atom stereocenters. The number of fused-ring (bicyclic) bond motifs is 7. The second kappa shape index (κ2) is 21.1. The minimum Gasteiger partial charge on any atom is -0.501 e. The second-order valence-electron chi connectivity index (χ2n) is 22.4. The van der Waals surface area contributed by atoms with E-state index in [0.29, 0.717) is 11.8 Å². The number of pyridine rings is 1. The Morgan fingerprint density at radius 3 is 1.71 bits per heavy atom. The molecule has 0 N–H and O–H groups in total. The predicted molar refractivity (Wildman–Crippen MR) is 319 cm³/mol. The van der Waals surface area contributed by atoms with Gasteiger partial charge in [0.05, 0.1) is 30.5 Å². The summed E-state index contributed by atoms with van der Waals surface area (Å²) < 4.78 is 15.5. The van der Waals surface area contributed by atoms with E-state index >= 15 is 0 Å². The SMILES string of the molecule is CC(C)c1cc(-c2ccc(-c3cc(C(C)C)c(-n4c(-c5[c-]ccc6c5oc5cc7c(cc56)oc5ccccc57)nc5ccccc54)c(C(C)C)c3)cc2)cc(C(C)C)c1.C[Si](C)(C)c1ccc(-c2[c-]cccc2)nc1.[Ir]. The fourth-order valence-electron chi connectivity index (χ4n) is 10.4. The summed E-state index contributed by atoms with van der Waals surface area (Å²) in [5.74, 6) is 2.23. The Labute approximate surface area is 462 Å². The van der Waals surface area contributed by atoms with Crippen molar-refractivity contribution in [3.05, 3.63) is 204 Å². The zero-order valence-electron chi connectivity index (χ0n) is 45.5. The Morgan fingerprint density at radius 2 is 1.11 bits per heavy atom. The van der Waals surface area contributed by atoms with Gasteiger partial charge in [0.1, 0.15) is 16.7 Å². The van der Waals surface area contributed by atoms with Crippen LogP contribution in [0, 0.1) is 12.1 Å². The summed E-state index contributed by atoms with van der Waals surface area (Å²) in [4.78, 5) is 9.89. The molecule has 0 aliphatic heterocycles. The molecule has 1 radical (unpaired) electrons. The van der Waals surface area contributed by atoms with Gasteiger partial charge in [-0.25, -0.2) is 0 Å². The summed E-state index contributed by atoms with van der Waals surface area (Å²) in [7, 11) is -1.23. The number of aromatic nitrogens is 3. The van der Waals surface area contributed by atoms with Crippen LogP contribution < -0.4 is 5.19 Å². The molecule has 0 fully saturated rings. The molecule has 12 aromatic rings. The molecule has 0 aliphatic rings. The Hall–Kier alpha value is -7.15. The van der Waals surface area contributed by atoms with Crippen LogP contribution in [0.25, 0.3) is 105 Å². The van der Waals surface area contributed by atoms with Gasteiger partial charge in [-0.3, -0.25) is 4.98 Å². The minimum absolute atomic E-state index is 0. The van der Waals surface area contributed by atoms with Gasteiger partial charge in [-0.2, -0.15) is 0 Å². The van der Waals surface area contributed by atoms with E-state index in [1.165, 1.54) is 55.4 Å². The van der Waals surface area contributed by atoms with Crippen LogP contribution in [0.2, 0.25) is 19.6 Å². The van der Waals surface area contributed by atoms with E-state index in [1.54, 1.807) is 0 Å². The van der Waals surface area contributed by atoms with Crippen molar-refractivity contribution in [1.29, 1.82) is 0 Å². The molecule has 4 heterocycles. The Kier molecular flexibility index (Phi) is 14.5. The van der Waals surface area contributed by atoms with Gasteiger partial charge >= 0.3 is 0 Å². The van der Waals surface area contributed by atoms with Crippen molar-refractivity contribution in [2.45, 2.75) is 98.7 Å². The smallest absolute Gasteiger partial charge is 0.136 e. The summed E-state index contributed by atoms with van der Waals surface area (Å²) in [5.41, 5.74) is 19.7. The van der Waals surface area contributed by atoms with Gasteiger partial charge in [-0.1, -0.05) is 171 Å². The quantitative estimate of drug-likeness (QED) is 0.101. The fourth-order valence-corrected chi connectivity index (χ4v) is 11.5. The van der Waals surface area contributed by atoms with Crippen molar-refractivity contribution in [3.63, 3.8) is 0 Å². The van der Waals surface area contributed by atoms with Gasteiger partial charge in [0.15, 0.2) is 0 Å². The number of nitrogens with zero attached hydrogens (tertiary/aromatic N) is 3. The molecular weight excluding hydrogens is 1120 g/mol. The van der Waals surface area contributed by atoms with Crippen LogP contribution >= 0.6 is 0 Å². The molecule has 12 rings (SSSR count). The summed E-state index contributed by atoms with van der Waals surface area (Å²) in [5, 5.41) is 5.55. The number of hydrogen-bond donors (Lipinski definition) is 0. The zero-order valence-corrected chi connectivity index (χ0v) is 48.9. The monoisotopic (exact) mass is 1190 g/mol. The average Bonchev–Trinajstić information content (AvgIpc) is 4.11. The maximum Gasteiger partial charge on any atom is 0.136 e. The van der Waals surface area contributed by atoms with Crippen LogP contribution in [0.3, 0.4) is 0 Å². The van der Waals surface area contributed by atoms with Crippen molar-refractivity contribution < 1.29 is 28.9 Å². The molecule has 5 nitrogen and oxygen atoms in total. The van der Waals surface area contributed by atoms with Crippen LogP contribution in [0.15, 0.2) is 179 Å². The first-order valence-corrected chi connectivity index (χ1v) is 30.1. The first-order valence-electron chi connectivity index (χ1n) is 26.6. The van der Waals surface area contributed by atoms with E-state index in [-0.39, 0.29) is 31.9 Å². The van der Waals surface area contributed by atoms with E-state index in [2.05, 4.69) is 212 Å². The zero-order chi connectivity index (χ0) is 52.3. The molecule has 0 aliphatic carbocycles. The number of imidazole rings is 1. The maximum absolute atomic E-state index is 6.84. The average molecular weight is 1190 g/mol. The number of rotatable bonds is 10. The third-order valence-corrected chi connectivity index (χ3v) is 16.9. The van der Waals surface area contributed by atoms with E-state index in [9.17, 15) is 0 Å². The normalized spacial score (nSPS) is 12.0. The van der Waals surface area contributed by atoms with Crippen LogP contribution in [-0.4, -0.2) is 22.6 Å². The van der Waals surface area contributed by atoms with E-state index in [1.807, 2.05) is 54.7 Å². The third kappa shape index (κ3) is 9.93. The summed E-state index contributed by atoms with van der Waals surface area (Å²) >= 11 is 0. The Balaban J connectivity index is 0.000000331. The molecule has 383 valence electrons. The maximum atomic E-state index is 6.84. The Morgan fingerprint density at radius 1 is 0.500 bits per heavy atom. The largest absolute Gasteiger partial charge is 0.501 e. The van der Waals surface area contributed by atoms with Gasteiger partial charge in [-0.15, -0.1) is 54.1 Å². The molecule has 7 heteroatoms. The number of hydrogen-bond acceptors (Lipinski definition) is 4. The number of para-hydroxylation sites is 3. The Bertz CT molecular complexity index is 3990. The first-order chi connectivity index (χ1) is 36.1. The van der Waals surface area contributed by atoms with Crippen molar-refractivity contribution in [2.24, 2.45) is 0 Å². The van der Waals surface area contributed by atoms with Gasteiger partial charge in [0, 0.05) is 48.1 Å². The molecule has 76 heavy (non-hydrogen) atoms. The van der Waals surface area contributed by atoms with E-state index in [4.69, 9.17) is 13.8 Å². The van der Waals surface area contributed by atoms with Crippen LogP contribution in [0.4, 0.5) is 0 Å². The molecule has 8 aromatic carbocycles. The van der Waals surface area contributed by atoms with Crippen molar-refractivity contribution >= 4 is 68.2 Å². The molecule has 0 spiro atoms. The minimum atomic E-state index is -1.23. The van der Waals surface area contributed by atoms with Gasteiger partial charge in [0.2, 0.25) is 0 Å². The molecule has 4 aromatic heterocycles. The van der Waals surface area contributed by atoms with Gasteiger partial charge in [0.25, 0.3) is 0 Å². The molecule has 0 amide bonds. The molecular formula is C69H65IrN3O2Si-2. The molecule has 0 saturated heterocycles. The van der Waals surface area contributed by atoms with Gasteiger partial charge < -0.3 is 18.4 Å². The van der Waals surface area contributed by atoms with Crippen molar-refractivity contribution in [1.82, 2.24) is 14.5 Å². The standard InChI is InChI=1S/C55H49N2O2.C14H16NSi.Ir/c1-31(2)37-24-38(32(3)4)26-39(25-37)35-20-22-36(23-21-35)40-27-44(33(5)6)53(45(28-40)34(7)8)57-49-18-11-10-17-48(49)56-55(57)43-16-13-15-42-47-30-51-46(29-52(47)59-54(42)43)41-14-9-12-19-50(41)58-51;1-16(2,3)13-9-10-14(15-11-13)12-7-5-4-6-8-12;/h9-15,17-34H,1-8H3;4-7,9-11H,1-3H3;/q2*-1;. The van der Waals surface area contributed by atoms with Crippen molar-refractivity contribution in [3.8, 4) is 50.6 Å². The number of furan rings is 2.